The molecule has 0 fully saturated rings. The molecule has 1 aromatic carbocycles. The third-order valence-corrected chi connectivity index (χ3v) is 3.26. The Morgan fingerprint density at radius 3 is 3.00 bits per heavy atom. The molecule has 1 aromatic heterocycles. The molecule has 0 spiro atoms. The molecule has 0 aliphatic carbocycles. The molecule has 0 saturated heterocycles. The van der Waals surface area contributed by atoms with E-state index in [1.807, 2.05) is 20.0 Å². The SMILES string of the molecule is CC(C)Oc1cncc(-c2cccc3c2CCN3)c1. The van der Waals surface area contributed by atoms with Gasteiger partial charge in [0.05, 0.1) is 12.3 Å². The van der Waals surface area contributed by atoms with E-state index in [-0.39, 0.29) is 6.10 Å². The summed E-state index contributed by atoms with van der Waals surface area (Å²) in [6, 6.07) is 8.44. The van der Waals surface area contributed by atoms with Gasteiger partial charge >= 0.3 is 0 Å². The highest BCUT2D eigenvalue weighted by Gasteiger charge is 2.15. The lowest BCUT2D eigenvalue weighted by atomic mass is 9.99. The smallest absolute Gasteiger partial charge is 0.138 e. The van der Waals surface area contributed by atoms with Gasteiger partial charge in [0, 0.05) is 24.0 Å². The molecule has 1 aliphatic heterocycles. The lowest BCUT2D eigenvalue weighted by molar-refractivity contribution is 0.241. The van der Waals surface area contributed by atoms with Gasteiger partial charge in [0.25, 0.3) is 0 Å². The van der Waals surface area contributed by atoms with Crippen molar-refractivity contribution in [2.45, 2.75) is 26.4 Å². The van der Waals surface area contributed by atoms with Crippen LogP contribution < -0.4 is 10.1 Å². The van der Waals surface area contributed by atoms with Crippen molar-refractivity contribution in [1.29, 1.82) is 0 Å². The third-order valence-electron chi connectivity index (χ3n) is 3.26. The van der Waals surface area contributed by atoms with E-state index in [2.05, 4.69) is 34.6 Å². The van der Waals surface area contributed by atoms with Crippen molar-refractivity contribution in [3.63, 3.8) is 0 Å². The van der Waals surface area contributed by atoms with Gasteiger partial charge in [-0.3, -0.25) is 4.98 Å². The summed E-state index contributed by atoms with van der Waals surface area (Å²) in [4.78, 5) is 4.29. The van der Waals surface area contributed by atoms with Crippen LogP contribution in [0.15, 0.2) is 36.7 Å². The minimum atomic E-state index is 0.167. The molecule has 0 unspecified atom stereocenters. The monoisotopic (exact) mass is 254 g/mol. The Morgan fingerprint density at radius 2 is 2.16 bits per heavy atom. The van der Waals surface area contributed by atoms with Crippen LogP contribution in [0.5, 0.6) is 5.75 Å². The number of anilines is 1. The zero-order valence-corrected chi connectivity index (χ0v) is 11.3. The standard InChI is InChI=1S/C16H18N2O/c1-11(2)19-13-8-12(9-17-10-13)14-4-3-5-16-15(14)6-7-18-16/h3-5,8-11,18H,6-7H2,1-2H3. The lowest BCUT2D eigenvalue weighted by Gasteiger charge is -2.12. The van der Waals surface area contributed by atoms with Crippen LogP contribution in [0.1, 0.15) is 19.4 Å². The molecule has 19 heavy (non-hydrogen) atoms. The van der Waals surface area contributed by atoms with E-state index in [4.69, 9.17) is 4.74 Å². The van der Waals surface area contributed by atoms with Crippen molar-refractivity contribution >= 4 is 5.69 Å². The Kier molecular flexibility index (Phi) is 3.11. The average molecular weight is 254 g/mol. The summed E-state index contributed by atoms with van der Waals surface area (Å²) in [7, 11) is 0. The zero-order valence-electron chi connectivity index (χ0n) is 11.3. The average Bonchev–Trinajstić information content (AvgIpc) is 2.86. The first-order chi connectivity index (χ1) is 9.24. The van der Waals surface area contributed by atoms with Crippen LogP contribution in [-0.4, -0.2) is 17.6 Å². The van der Waals surface area contributed by atoms with E-state index in [1.165, 1.54) is 16.8 Å². The van der Waals surface area contributed by atoms with Crippen molar-refractivity contribution in [3.05, 3.63) is 42.2 Å². The Bertz CT molecular complexity index is 593. The molecule has 2 aromatic rings. The fourth-order valence-electron chi connectivity index (χ4n) is 2.52. The van der Waals surface area contributed by atoms with Crippen LogP contribution in [0.4, 0.5) is 5.69 Å². The summed E-state index contributed by atoms with van der Waals surface area (Å²) in [5.74, 6) is 0.830. The Hall–Kier alpha value is -2.03. The second-order valence-electron chi connectivity index (χ2n) is 5.08. The second-order valence-corrected chi connectivity index (χ2v) is 5.08. The number of nitrogens with one attached hydrogen (secondary N) is 1. The molecule has 0 saturated carbocycles. The maximum atomic E-state index is 5.72. The molecule has 1 aliphatic rings. The van der Waals surface area contributed by atoms with Gasteiger partial charge in [-0.2, -0.15) is 0 Å². The number of benzene rings is 1. The van der Waals surface area contributed by atoms with Crippen LogP contribution in [0.3, 0.4) is 0 Å². The van der Waals surface area contributed by atoms with Crippen molar-refractivity contribution < 1.29 is 4.74 Å². The first kappa shape index (κ1) is 12.0. The number of rotatable bonds is 3. The molecule has 3 nitrogen and oxygen atoms in total. The first-order valence-electron chi connectivity index (χ1n) is 6.72. The molecule has 3 heteroatoms. The Morgan fingerprint density at radius 1 is 1.26 bits per heavy atom. The molecular formula is C16H18N2O. The molecule has 0 bridgehead atoms. The normalized spacial score (nSPS) is 13.2. The second kappa shape index (κ2) is 4.92. The number of nitrogens with zero attached hydrogens (tertiary/aromatic N) is 1. The Balaban J connectivity index is 2.01. The van der Waals surface area contributed by atoms with E-state index < -0.39 is 0 Å². The highest BCUT2D eigenvalue weighted by atomic mass is 16.5. The predicted octanol–water partition coefficient (Wildman–Crippen LogP) is 3.50. The van der Waals surface area contributed by atoms with Crippen LogP contribution >= 0.6 is 0 Å². The van der Waals surface area contributed by atoms with E-state index in [1.54, 1.807) is 6.20 Å². The lowest BCUT2D eigenvalue weighted by Crippen LogP contribution is -2.05. The van der Waals surface area contributed by atoms with Gasteiger partial charge in [-0.25, -0.2) is 0 Å². The minimum Gasteiger partial charge on any atom is -0.489 e. The number of ether oxygens (including phenoxy) is 1. The summed E-state index contributed by atoms with van der Waals surface area (Å²) < 4.78 is 5.72. The summed E-state index contributed by atoms with van der Waals surface area (Å²) in [6.45, 7) is 5.07. The molecule has 1 N–H and O–H groups in total. The van der Waals surface area contributed by atoms with Gasteiger partial charge in [0.1, 0.15) is 5.75 Å². The molecular weight excluding hydrogens is 236 g/mol. The summed E-state index contributed by atoms with van der Waals surface area (Å²) in [5, 5.41) is 3.41. The van der Waals surface area contributed by atoms with Gasteiger partial charge in [0.2, 0.25) is 0 Å². The molecule has 0 amide bonds. The topological polar surface area (TPSA) is 34.1 Å². The van der Waals surface area contributed by atoms with E-state index in [0.29, 0.717) is 0 Å². The number of aromatic nitrogens is 1. The summed E-state index contributed by atoms with van der Waals surface area (Å²) in [6.07, 6.45) is 4.91. The van der Waals surface area contributed by atoms with Crippen molar-refractivity contribution in [1.82, 2.24) is 4.98 Å². The largest absolute Gasteiger partial charge is 0.489 e. The van der Waals surface area contributed by atoms with E-state index in [0.717, 1.165) is 24.3 Å². The highest BCUT2D eigenvalue weighted by molar-refractivity contribution is 5.75. The Labute approximate surface area is 113 Å². The molecule has 98 valence electrons. The van der Waals surface area contributed by atoms with Crippen LogP contribution in [0, 0.1) is 0 Å². The van der Waals surface area contributed by atoms with Gasteiger partial charge in [-0.15, -0.1) is 0 Å². The van der Waals surface area contributed by atoms with Crippen molar-refractivity contribution in [3.8, 4) is 16.9 Å². The van der Waals surface area contributed by atoms with Gasteiger partial charge in [-0.1, -0.05) is 12.1 Å². The summed E-state index contributed by atoms with van der Waals surface area (Å²) >= 11 is 0. The van der Waals surface area contributed by atoms with Crippen LogP contribution in [0.2, 0.25) is 0 Å². The van der Waals surface area contributed by atoms with E-state index >= 15 is 0 Å². The fourth-order valence-corrected chi connectivity index (χ4v) is 2.52. The van der Waals surface area contributed by atoms with Gasteiger partial charge in [-0.05, 0) is 43.5 Å². The molecule has 2 heterocycles. The first-order valence-corrected chi connectivity index (χ1v) is 6.72. The third kappa shape index (κ3) is 2.41. The zero-order chi connectivity index (χ0) is 13.2. The predicted molar refractivity (Wildman–Crippen MR) is 77.6 cm³/mol. The fraction of sp³-hybridized carbons (Fsp3) is 0.312. The highest BCUT2D eigenvalue weighted by Crippen LogP contribution is 2.33. The summed E-state index contributed by atoms with van der Waals surface area (Å²) in [5.41, 5.74) is 5.00. The van der Waals surface area contributed by atoms with Crippen LogP contribution in [0.25, 0.3) is 11.1 Å². The maximum absolute atomic E-state index is 5.72. The molecule has 3 rings (SSSR count). The quantitative estimate of drug-likeness (QED) is 0.910. The number of hydrogen-bond donors (Lipinski definition) is 1. The minimum absolute atomic E-state index is 0.167. The molecule has 0 radical (unpaired) electrons. The van der Waals surface area contributed by atoms with Crippen molar-refractivity contribution in [2.24, 2.45) is 0 Å². The number of pyridine rings is 1. The van der Waals surface area contributed by atoms with E-state index in [9.17, 15) is 0 Å². The molecule has 0 atom stereocenters. The van der Waals surface area contributed by atoms with Gasteiger partial charge in [0.15, 0.2) is 0 Å². The maximum Gasteiger partial charge on any atom is 0.138 e. The van der Waals surface area contributed by atoms with Crippen molar-refractivity contribution in [2.75, 3.05) is 11.9 Å². The number of hydrogen-bond acceptors (Lipinski definition) is 3. The van der Waals surface area contributed by atoms with Gasteiger partial charge < -0.3 is 10.1 Å². The van der Waals surface area contributed by atoms with Crippen LogP contribution in [-0.2, 0) is 6.42 Å². The number of fused-ring (bicyclic) bond motifs is 1.